The minimum absolute atomic E-state index is 0. The number of nitriles is 1. The SMILES string of the molecule is CCNC(=NCc1ccc(C#N)cc1)NCC(C)C.I. The molecule has 4 nitrogen and oxygen atoms in total. The van der Waals surface area contributed by atoms with Crippen LogP contribution in [0.1, 0.15) is 31.9 Å². The average Bonchev–Trinajstić information content (AvgIpc) is 2.42. The van der Waals surface area contributed by atoms with Gasteiger partial charge >= 0.3 is 0 Å². The van der Waals surface area contributed by atoms with Gasteiger partial charge in [0.15, 0.2) is 5.96 Å². The summed E-state index contributed by atoms with van der Waals surface area (Å²) < 4.78 is 0. The van der Waals surface area contributed by atoms with E-state index in [2.05, 4.69) is 35.5 Å². The minimum atomic E-state index is 0. The van der Waals surface area contributed by atoms with Gasteiger partial charge in [0.25, 0.3) is 0 Å². The van der Waals surface area contributed by atoms with Crippen LogP contribution < -0.4 is 10.6 Å². The van der Waals surface area contributed by atoms with Crippen molar-refractivity contribution in [2.24, 2.45) is 10.9 Å². The molecule has 0 saturated carbocycles. The smallest absolute Gasteiger partial charge is 0.191 e. The van der Waals surface area contributed by atoms with Gasteiger partial charge in [-0.05, 0) is 30.5 Å². The molecular formula is C15H23IN4. The van der Waals surface area contributed by atoms with E-state index in [4.69, 9.17) is 5.26 Å². The zero-order valence-electron chi connectivity index (χ0n) is 12.3. The van der Waals surface area contributed by atoms with Crippen molar-refractivity contribution in [1.29, 1.82) is 5.26 Å². The van der Waals surface area contributed by atoms with Gasteiger partial charge in [0.2, 0.25) is 0 Å². The Hall–Kier alpha value is -1.29. The van der Waals surface area contributed by atoms with E-state index < -0.39 is 0 Å². The van der Waals surface area contributed by atoms with Crippen molar-refractivity contribution in [2.45, 2.75) is 27.3 Å². The van der Waals surface area contributed by atoms with Gasteiger partial charge < -0.3 is 10.6 Å². The lowest BCUT2D eigenvalue weighted by molar-refractivity contribution is 0.615. The van der Waals surface area contributed by atoms with E-state index >= 15 is 0 Å². The second-order valence-corrected chi connectivity index (χ2v) is 4.78. The highest BCUT2D eigenvalue weighted by atomic mass is 127. The topological polar surface area (TPSA) is 60.2 Å². The van der Waals surface area contributed by atoms with Crippen LogP contribution >= 0.6 is 24.0 Å². The fourth-order valence-electron chi connectivity index (χ4n) is 1.50. The Morgan fingerprint density at radius 3 is 2.40 bits per heavy atom. The van der Waals surface area contributed by atoms with E-state index in [1.807, 2.05) is 31.2 Å². The normalized spacial score (nSPS) is 10.7. The molecule has 20 heavy (non-hydrogen) atoms. The summed E-state index contributed by atoms with van der Waals surface area (Å²) in [6.07, 6.45) is 0. The lowest BCUT2D eigenvalue weighted by atomic mass is 10.1. The first-order valence-electron chi connectivity index (χ1n) is 6.67. The van der Waals surface area contributed by atoms with Crippen LogP contribution in [0.5, 0.6) is 0 Å². The molecule has 1 aromatic rings. The standard InChI is InChI=1S/C15H22N4.HI/c1-4-17-15(18-10-12(2)3)19-11-14-7-5-13(9-16)6-8-14;/h5-8,12H,4,10-11H2,1-3H3,(H2,17,18,19);1H. The molecule has 1 aromatic carbocycles. The number of nitrogens with one attached hydrogen (secondary N) is 2. The molecule has 1 rings (SSSR count). The highest BCUT2D eigenvalue weighted by Gasteiger charge is 1.99. The molecule has 0 atom stereocenters. The third kappa shape index (κ3) is 7.34. The van der Waals surface area contributed by atoms with Crippen LogP contribution in [0.25, 0.3) is 0 Å². The molecule has 0 radical (unpaired) electrons. The number of nitrogens with zero attached hydrogens (tertiary/aromatic N) is 2. The van der Waals surface area contributed by atoms with Crippen LogP contribution in [0.15, 0.2) is 29.3 Å². The number of halogens is 1. The van der Waals surface area contributed by atoms with Crippen molar-refractivity contribution >= 4 is 29.9 Å². The summed E-state index contributed by atoms with van der Waals surface area (Å²) >= 11 is 0. The second-order valence-electron chi connectivity index (χ2n) is 4.78. The summed E-state index contributed by atoms with van der Waals surface area (Å²) in [6, 6.07) is 9.63. The summed E-state index contributed by atoms with van der Waals surface area (Å²) in [6.45, 7) is 8.73. The first-order valence-corrected chi connectivity index (χ1v) is 6.67. The van der Waals surface area contributed by atoms with Gasteiger partial charge in [-0.15, -0.1) is 24.0 Å². The largest absolute Gasteiger partial charge is 0.357 e. The van der Waals surface area contributed by atoms with Crippen LogP contribution in [0, 0.1) is 17.2 Å². The molecule has 0 aromatic heterocycles. The Kier molecular flexibility index (Phi) is 9.82. The molecule has 0 bridgehead atoms. The third-order valence-corrected chi connectivity index (χ3v) is 2.52. The fourth-order valence-corrected chi connectivity index (χ4v) is 1.50. The molecule has 0 fully saturated rings. The highest BCUT2D eigenvalue weighted by molar-refractivity contribution is 14.0. The van der Waals surface area contributed by atoms with Crippen LogP contribution in [0.3, 0.4) is 0 Å². The van der Waals surface area contributed by atoms with Crippen LogP contribution in [0.2, 0.25) is 0 Å². The van der Waals surface area contributed by atoms with E-state index in [1.54, 1.807) is 0 Å². The quantitative estimate of drug-likeness (QED) is 0.465. The molecule has 110 valence electrons. The highest BCUT2D eigenvalue weighted by Crippen LogP contribution is 2.04. The van der Waals surface area contributed by atoms with E-state index in [0.717, 1.165) is 24.6 Å². The molecule has 0 aliphatic rings. The van der Waals surface area contributed by atoms with Crippen molar-refractivity contribution in [3.05, 3.63) is 35.4 Å². The monoisotopic (exact) mass is 386 g/mol. The fraction of sp³-hybridized carbons (Fsp3) is 0.467. The first kappa shape index (κ1) is 18.7. The molecule has 0 amide bonds. The Morgan fingerprint density at radius 1 is 1.25 bits per heavy atom. The number of benzene rings is 1. The van der Waals surface area contributed by atoms with Crippen molar-refractivity contribution in [2.75, 3.05) is 13.1 Å². The predicted octanol–water partition coefficient (Wildman–Crippen LogP) is 2.89. The zero-order chi connectivity index (χ0) is 14.1. The first-order chi connectivity index (χ1) is 9.15. The Bertz CT molecular complexity index is 446. The molecule has 2 N–H and O–H groups in total. The summed E-state index contributed by atoms with van der Waals surface area (Å²) in [7, 11) is 0. The van der Waals surface area contributed by atoms with Crippen molar-refractivity contribution in [3.8, 4) is 6.07 Å². The number of hydrogen-bond donors (Lipinski definition) is 2. The summed E-state index contributed by atoms with van der Waals surface area (Å²) in [5, 5.41) is 15.3. The number of guanidine groups is 1. The summed E-state index contributed by atoms with van der Waals surface area (Å²) in [4.78, 5) is 4.52. The lowest BCUT2D eigenvalue weighted by Gasteiger charge is -2.12. The maximum absolute atomic E-state index is 8.74. The Labute approximate surface area is 138 Å². The van der Waals surface area contributed by atoms with Gasteiger partial charge in [0, 0.05) is 13.1 Å². The number of hydrogen-bond acceptors (Lipinski definition) is 2. The van der Waals surface area contributed by atoms with Crippen LogP contribution in [-0.2, 0) is 6.54 Å². The Morgan fingerprint density at radius 2 is 1.90 bits per heavy atom. The third-order valence-electron chi connectivity index (χ3n) is 2.52. The Balaban J connectivity index is 0.00000361. The van der Waals surface area contributed by atoms with Crippen molar-refractivity contribution in [1.82, 2.24) is 10.6 Å². The molecule has 0 aliphatic carbocycles. The second kappa shape index (κ2) is 10.5. The van der Waals surface area contributed by atoms with E-state index in [-0.39, 0.29) is 24.0 Å². The van der Waals surface area contributed by atoms with Crippen LogP contribution in [-0.4, -0.2) is 19.0 Å². The molecule has 0 saturated heterocycles. The molecule has 0 spiro atoms. The minimum Gasteiger partial charge on any atom is -0.357 e. The van der Waals surface area contributed by atoms with Gasteiger partial charge in [-0.3, -0.25) is 0 Å². The lowest BCUT2D eigenvalue weighted by Crippen LogP contribution is -2.39. The van der Waals surface area contributed by atoms with Crippen molar-refractivity contribution in [3.63, 3.8) is 0 Å². The van der Waals surface area contributed by atoms with E-state index in [1.165, 1.54) is 0 Å². The maximum Gasteiger partial charge on any atom is 0.191 e. The van der Waals surface area contributed by atoms with Gasteiger partial charge in [-0.2, -0.15) is 5.26 Å². The van der Waals surface area contributed by atoms with Gasteiger partial charge in [-0.1, -0.05) is 26.0 Å². The molecule has 0 unspecified atom stereocenters. The maximum atomic E-state index is 8.74. The molecule has 5 heteroatoms. The van der Waals surface area contributed by atoms with E-state index in [9.17, 15) is 0 Å². The number of aliphatic imine (C=N–C) groups is 1. The predicted molar refractivity (Wildman–Crippen MR) is 94.2 cm³/mol. The molecule has 0 heterocycles. The number of rotatable bonds is 5. The summed E-state index contributed by atoms with van der Waals surface area (Å²) in [5.41, 5.74) is 1.78. The van der Waals surface area contributed by atoms with E-state index in [0.29, 0.717) is 18.0 Å². The average molecular weight is 386 g/mol. The van der Waals surface area contributed by atoms with Crippen molar-refractivity contribution < 1.29 is 0 Å². The van der Waals surface area contributed by atoms with Gasteiger partial charge in [0.05, 0.1) is 18.2 Å². The van der Waals surface area contributed by atoms with Gasteiger partial charge in [0.1, 0.15) is 0 Å². The zero-order valence-corrected chi connectivity index (χ0v) is 14.6. The molecular weight excluding hydrogens is 363 g/mol. The van der Waals surface area contributed by atoms with Gasteiger partial charge in [-0.25, -0.2) is 4.99 Å². The molecule has 0 aliphatic heterocycles. The summed E-state index contributed by atoms with van der Waals surface area (Å²) in [5.74, 6) is 1.42. The van der Waals surface area contributed by atoms with Crippen LogP contribution in [0.4, 0.5) is 0 Å².